The van der Waals surface area contributed by atoms with Crippen LogP contribution in [0.3, 0.4) is 0 Å². The Labute approximate surface area is 164 Å². The predicted octanol–water partition coefficient (Wildman–Crippen LogP) is -0.0344. The second-order valence-corrected chi connectivity index (χ2v) is 7.68. The first-order chi connectivity index (χ1) is 13.4. The quantitative estimate of drug-likeness (QED) is 0.392. The van der Waals surface area contributed by atoms with E-state index in [4.69, 9.17) is 9.47 Å². The minimum absolute atomic E-state index is 0.123. The van der Waals surface area contributed by atoms with E-state index >= 15 is 0 Å². The van der Waals surface area contributed by atoms with Crippen molar-refractivity contribution < 1.29 is 38.9 Å². The Kier molecular flexibility index (Phi) is 8.73. The fraction of sp³-hybridized carbons (Fsp3) is 0.800. The van der Waals surface area contributed by atoms with E-state index in [0.717, 1.165) is 25.7 Å². The number of carbonyl (C=O) groups is 4. The third-order valence-corrected chi connectivity index (χ3v) is 5.77. The van der Waals surface area contributed by atoms with Gasteiger partial charge < -0.3 is 29.3 Å². The lowest BCUT2D eigenvalue weighted by molar-refractivity contribution is -0.315. The van der Waals surface area contributed by atoms with Crippen molar-refractivity contribution in [2.75, 3.05) is 13.2 Å². The maximum atomic E-state index is 12.1. The number of esters is 2. The highest BCUT2D eigenvalue weighted by molar-refractivity contribution is 5.81. The summed E-state index contributed by atoms with van der Waals surface area (Å²) >= 11 is 0. The van der Waals surface area contributed by atoms with E-state index < -0.39 is 47.5 Å². The molecule has 158 valence electrons. The summed E-state index contributed by atoms with van der Waals surface area (Å²) in [6.07, 6.45) is 5.94. The standard InChI is InChI=1S/C20H30O8/c21-17(22)13-7-1-3-9-15(13)19(25)27-11-5-6-12-28-20(26)16-10-4-2-8-14(16)18(23)24/h13-16H,1-12H2,(H,21,22)(H,23,24)/p-2/t13-,14+,15+,16-. The average molecular weight is 396 g/mol. The summed E-state index contributed by atoms with van der Waals surface area (Å²) < 4.78 is 10.4. The molecule has 0 unspecified atom stereocenters. The van der Waals surface area contributed by atoms with Crippen molar-refractivity contribution in [3.05, 3.63) is 0 Å². The molecule has 2 saturated carbocycles. The summed E-state index contributed by atoms with van der Waals surface area (Å²) in [7, 11) is 0. The van der Waals surface area contributed by atoms with Crippen LogP contribution in [-0.4, -0.2) is 37.1 Å². The molecule has 0 saturated heterocycles. The van der Waals surface area contributed by atoms with E-state index in [0.29, 0.717) is 38.5 Å². The highest BCUT2D eigenvalue weighted by Crippen LogP contribution is 2.31. The number of ether oxygens (including phenoxy) is 2. The Morgan fingerprint density at radius 2 is 0.929 bits per heavy atom. The molecule has 2 aliphatic carbocycles. The molecule has 8 nitrogen and oxygen atoms in total. The number of unbranched alkanes of at least 4 members (excludes halogenated alkanes) is 1. The molecule has 4 atom stereocenters. The molecule has 2 aliphatic rings. The SMILES string of the molecule is O=C([O-])[C@H]1CCCC[C@H]1C(=O)OCCCCOC(=O)[C@H]1CCCC[C@H]1C(=O)[O-]. The van der Waals surface area contributed by atoms with Crippen LogP contribution in [0.15, 0.2) is 0 Å². The van der Waals surface area contributed by atoms with Gasteiger partial charge in [0.2, 0.25) is 0 Å². The predicted molar refractivity (Wildman–Crippen MR) is 92.1 cm³/mol. The Morgan fingerprint density at radius 3 is 1.25 bits per heavy atom. The summed E-state index contributed by atoms with van der Waals surface area (Å²) in [6.45, 7) is 0.246. The van der Waals surface area contributed by atoms with Gasteiger partial charge in [-0.25, -0.2) is 0 Å². The van der Waals surface area contributed by atoms with Gasteiger partial charge in [0.15, 0.2) is 0 Å². The molecule has 0 bridgehead atoms. The number of carboxylic acids is 2. The molecule has 0 aliphatic heterocycles. The van der Waals surface area contributed by atoms with Gasteiger partial charge >= 0.3 is 11.9 Å². The lowest BCUT2D eigenvalue weighted by Gasteiger charge is -2.30. The van der Waals surface area contributed by atoms with Crippen molar-refractivity contribution in [2.24, 2.45) is 23.7 Å². The van der Waals surface area contributed by atoms with Gasteiger partial charge in [0.1, 0.15) is 0 Å². The van der Waals surface area contributed by atoms with Crippen molar-refractivity contribution in [3.63, 3.8) is 0 Å². The van der Waals surface area contributed by atoms with Crippen LogP contribution in [0.4, 0.5) is 0 Å². The zero-order valence-electron chi connectivity index (χ0n) is 16.1. The van der Waals surface area contributed by atoms with E-state index in [1.807, 2.05) is 0 Å². The largest absolute Gasteiger partial charge is 0.550 e. The first kappa shape index (κ1) is 22.2. The van der Waals surface area contributed by atoms with Gasteiger partial charge in [-0.15, -0.1) is 0 Å². The zero-order chi connectivity index (χ0) is 20.5. The third kappa shape index (κ3) is 6.21. The lowest BCUT2D eigenvalue weighted by Crippen LogP contribution is -2.41. The average Bonchev–Trinajstić information content (AvgIpc) is 2.70. The van der Waals surface area contributed by atoms with Crippen LogP contribution in [0.1, 0.15) is 64.2 Å². The molecule has 0 spiro atoms. The van der Waals surface area contributed by atoms with Gasteiger partial charge in [-0.1, -0.05) is 25.7 Å². The maximum absolute atomic E-state index is 12.1. The smallest absolute Gasteiger partial charge is 0.309 e. The first-order valence-corrected chi connectivity index (χ1v) is 10.2. The summed E-state index contributed by atoms with van der Waals surface area (Å²) in [5, 5.41) is 22.3. The van der Waals surface area contributed by atoms with Crippen molar-refractivity contribution >= 4 is 23.9 Å². The van der Waals surface area contributed by atoms with Crippen LogP contribution < -0.4 is 10.2 Å². The topological polar surface area (TPSA) is 133 Å². The summed E-state index contributed by atoms with van der Waals surface area (Å²) in [4.78, 5) is 46.5. The Hall–Kier alpha value is -2.12. The van der Waals surface area contributed by atoms with Crippen LogP contribution in [0.25, 0.3) is 0 Å². The molecule has 0 aromatic rings. The molecule has 8 heteroatoms. The molecule has 0 amide bonds. The number of rotatable bonds is 9. The number of aliphatic carboxylic acids is 2. The summed E-state index contributed by atoms with van der Waals surface area (Å²) in [5.41, 5.74) is 0. The van der Waals surface area contributed by atoms with Crippen LogP contribution in [0.5, 0.6) is 0 Å². The number of hydrogen-bond donors (Lipinski definition) is 0. The summed E-state index contributed by atoms with van der Waals surface area (Å²) in [5.74, 6) is -6.29. The Balaban J connectivity index is 1.63. The van der Waals surface area contributed by atoms with Crippen molar-refractivity contribution in [3.8, 4) is 0 Å². The lowest BCUT2D eigenvalue weighted by atomic mass is 9.79. The number of hydrogen-bond acceptors (Lipinski definition) is 8. The van der Waals surface area contributed by atoms with Gasteiger partial charge in [-0.2, -0.15) is 0 Å². The minimum Gasteiger partial charge on any atom is -0.550 e. The van der Waals surface area contributed by atoms with E-state index in [1.54, 1.807) is 0 Å². The fourth-order valence-electron chi connectivity index (χ4n) is 4.15. The zero-order valence-corrected chi connectivity index (χ0v) is 16.1. The van der Waals surface area contributed by atoms with Crippen molar-refractivity contribution in [1.82, 2.24) is 0 Å². The molecule has 0 radical (unpaired) electrons. The van der Waals surface area contributed by atoms with Crippen LogP contribution in [-0.2, 0) is 28.7 Å². The normalized spacial score (nSPS) is 27.6. The Morgan fingerprint density at radius 1 is 0.607 bits per heavy atom. The van der Waals surface area contributed by atoms with Gasteiger partial charge in [-0.3, -0.25) is 9.59 Å². The molecule has 2 rings (SSSR count). The molecule has 28 heavy (non-hydrogen) atoms. The van der Waals surface area contributed by atoms with Crippen molar-refractivity contribution in [1.29, 1.82) is 0 Å². The molecular formula is C20H28O8-2. The number of carboxylic acid groups (broad SMARTS) is 2. The fourth-order valence-corrected chi connectivity index (χ4v) is 4.15. The summed E-state index contributed by atoms with van der Waals surface area (Å²) in [6, 6.07) is 0. The van der Waals surface area contributed by atoms with E-state index in [9.17, 15) is 29.4 Å². The molecule has 0 N–H and O–H groups in total. The second kappa shape index (κ2) is 11.0. The minimum atomic E-state index is -1.20. The maximum Gasteiger partial charge on any atom is 0.309 e. The monoisotopic (exact) mass is 396 g/mol. The number of carbonyl (C=O) groups excluding carboxylic acids is 4. The van der Waals surface area contributed by atoms with E-state index in [2.05, 4.69) is 0 Å². The molecule has 0 aromatic carbocycles. The van der Waals surface area contributed by atoms with Crippen LogP contribution in [0.2, 0.25) is 0 Å². The molecule has 2 fully saturated rings. The molecule has 0 heterocycles. The Bertz CT molecular complexity index is 523. The van der Waals surface area contributed by atoms with Gasteiger partial charge in [0.05, 0.1) is 25.0 Å². The van der Waals surface area contributed by atoms with Gasteiger partial charge in [0.25, 0.3) is 0 Å². The van der Waals surface area contributed by atoms with Crippen LogP contribution in [0, 0.1) is 23.7 Å². The molecule has 0 aromatic heterocycles. The van der Waals surface area contributed by atoms with Gasteiger partial charge in [-0.05, 0) is 38.5 Å². The third-order valence-electron chi connectivity index (χ3n) is 5.77. The highest BCUT2D eigenvalue weighted by atomic mass is 16.5. The highest BCUT2D eigenvalue weighted by Gasteiger charge is 2.34. The van der Waals surface area contributed by atoms with Gasteiger partial charge in [0, 0.05) is 23.8 Å². The van der Waals surface area contributed by atoms with Crippen LogP contribution >= 0.6 is 0 Å². The second-order valence-electron chi connectivity index (χ2n) is 7.68. The van der Waals surface area contributed by atoms with Crippen molar-refractivity contribution in [2.45, 2.75) is 64.2 Å². The molecular weight excluding hydrogens is 368 g/mol. The van der Waals surface area contributed by atoms with E-state index in [-0.39, 0.29) is 13.2 Å². The first-order valence-electron chi connectivity index (χ1n) is 10.2. The van der Waals surface area contributed by atoms with E-state index in [1.165, 1.54) is 0 Å².